The van der Waals surface area contributed by atoms with Crippen LogP contribution in [0.2, 0.25) is 0 Å². The van der Waals surface area contributed by atoms with E-state index in [0.29, 0.717) is 37.3 Å². The molecule has 0 spiro atoms. The number of carbonyl (C=O) groups excluding carboxylic acids is 6. The van der Waals surface area contributed by atoms with Gasteiger partial charge >= 0.3 is 6.03 Å². The van der Waals surface area contributed by atoms with Crippen LogP contribution in [0.5, 0.6) is 0 Å². The zero-order chi connectivity index (χ0) is 43.1. The normalized spacial score (nSPS) is 16.3. The van der Waals surface area contributed by atoms with E-state index >= 15 is 0 Å². The second-order valence-corrected chi connectivity index (χ2v) is 16.4. The van der Waals surface area contributed by atoms with Gasteiger partial charge in [0.25, 0.3) is 5.91 Å². The van der Waals surface area contributed by atoms with E-state index in [1.165, 1.54) is 34.8 Å². The van der Waals surface area contributed by atoms with E-state index in [9.17, 15) is 28.8 Å². The number of H-pyrrole nitrogens is 2. The molecule has 4 rings (SSSR count). The number of primary amides is 1. The number of hydrogen-bond donors (Lipinski definition) is 11. The van der Waals surface area contributed by atoms with Crippen LogP contribution in [0, 0.1) is 0 Å². The van der Waals surface area contributed by atoms with Crippen molar-refractivity contribution in [2.75, 3.05) is 32.1 Å². The van der Waals surface area contributed by atoms with Crippen molar-refractivity contribution in [3.8, 4) is 0 Å². The molecule has 3 heterocycles. The molecule has 20 nitrogen and oxygen atoms in total. The Morgan fingerprint density at radius 3 is 2.34 bits per heavy atom. The molecule has 7 amide bonds. The number of hydrogen-bond acceptors (Lipinski definition) is 12. The van der Waals surface area contributed by atoms with E-state index in [1.54, 1.807) is 26.5 Å². The molecule has 6 unspecified atom stereocenters. The minimum Gasteiger partial charge on any atom is -0.390 e. The first kappa shape index (κ1) is 46.0. The molecule has 22 heteroatoms. The van der Waals surface area contributed by atoms with Crippen molar-refractivity contribution in [3.05, 3.63) is 66.5 Å². The van der Waals surface area contributed by atoms with Gasteiger partial charge in [0.2, 0.25) is 23.6 Å². The summed E-state index contributed by atoms with van der Waals surface area (Å²) in [4.78, 5) is 94.2. The number of carbonyl (C=O) groups is 6. The van der Waals surface area contributed by atoms with E-state index in [4.69, 9.17) is 17.2 Å². The van der Waals surface area contributed by atoms with Gasteiger partial charge in [-0.2, -0.15) is 0 Å². The lowest BCUT2D eigenvalue weighted by molar-refractivity contribution is -0.135. The average Bonchev–Trinajstić information content (AvgIpc) is 3.94. The second-order valence-electron chi connectivity index (χ2n) is 13.8. The lowest BCUT2D eigenvalue weighted by atomic mass is 10.0. The SMILES string of the molecule is C=C(NC)C(Cc1cnc[nH]1)NC(=O)C(C)N1C(=O)NC(CCSSCC(NC(=O)C(Cc2c[nH]c3ccccc23)NC(=O)C(CCCN=C(N)N)NC)C(N)=O)C1=O. The number of likely N-dealkylation sites (N-methyl/N-ethyl adjacent to an activating group) is 2. The molecule has 0 bridgehead atoms. The van der Waals surface area contributed by atoms with Crippen LogP contribution >= 0.6 is 21.6 Å². The summed E-state index contributed by atoms with van der Waals surface area (Å²) in [6, 6.07) is 1.54. The molecule has 3 aromatic rings. The molecule has 0 aliphatic carbocycles. The van der Waals surface area contributed by atoms with Gasteiger partial charge in [-0.05, 0) is 44.9 Å². The number of aliphatic imine (C=N–C) groups is 1. The number of aromatic nitrogens is 3. The maximum absolute atomic E-state index is 13.8. The zero-order valence-electron chi connectivity index (χ0n) is 33.2. The predicted molar refractivity (Wildman–Crippen MR) is 228 cm³/mol. The summed E-state index contributed by atoms with van der Waals surface area (Å²) in [5, 5.41) is 17.8. The predicted octanol–water partition coefficient (Wildman–Crippen LogP) is -0.929. The van der Waals surface area contributed by atoms with Gasteiger partial charge in [-0.1, -0.05) is 46.4 Å². The fourth-order valence-electron chi connectivity index (χ4n) is 6.29. The van der Waals surface area contributed by atoms with Gasteiger partial charge in [0.1, 0.15) is 24.2 Å². The topological polar surface area (TPSA) is 313 Å². The van der Waals surface area contributed by atoms with Gasteiger partial charge in [0.15, 0.2) is 5.96 Å². The van der Waals surface area contributed by atoms with Crippen molar-refractivity contribution in [1.82, 2.24) is 51.8 Å². The Kier molecular flexibility index (Phi) is 17.5. The lowest BCUT2D eigenvalue weighted by Crippen LogP contribution is -2.56. The molecule has 320 valence electrons. The van der Waals surface area contributed by atoms with Crippen molar-refractivity contribution in [2.45, 2.75) is 75.3 Å². The molecular weight excluding hydrogens is 801 g/mol. The molecule has 0 radical (unpaired) electrons. The van der Waals surface area contributed by atoms with Crippen LogP contribution in [-0.2, 0) is 36.8 Å². The smallest absolute Gasteiger partial charge is 0.325 e. The fraction of sp³-hybridized carbons (Fsp3) is 0.459. The maximum atomic E-state index is 13.8. The number of fused-ring (bicyclic) bond motifs is 1. The zero-order valence-corrected chi connectivity index (χ0v) is 34.8. The Morgan fingerprint density at radius 1 is 0.949 bits per heavy atom. The molecule has 2 aromatic heterocycles. The highest BCUT2D eigenvalue weighted by molar-refractivity contribution is 8.76. The molecule has 6 atom stereocenters. The van der Waals surface area contributed by atoms with E-state index in [2.05, 4.69) is 58.4 Å². The minimum absolute atomic E-state index is 0.0482. The molecule has 1 aliphatic heterocycles. The first-order chi connectivity index (χ1) is 28.2. The number of urea groups is 1. The Hall–Kier alpha value is -5.74. The summed E-state index contributed by atoms with van der Waals surface area (Å²) >= 11 is 0. The van der Waals surface area contributed by atoms with Gasteiger partial charge in [0.05, 0.1) is 18.4 Å². The van der Waals surface area contributed by atoms with Gasteiger partial charge in [0, 0.05) is 72.6 Å². The number of aromatic amines is 2. The van der Waals surface area contributed by atoms with Gasteiger partial charge in [-0.3, -0.25) is 33.9 Å². The van der Waals surface area contributed by atoms with Crippen LogP contribution < -0.4 is 49.1 Å². The Bertz CT molecular complexity index is 1970. The summed E-state index contributed by atoms with van der Waals surface area (Å²) in [5.41, 5.74) is 19.5. The highest BCUT2D eigenvalue weighted by Gasteiger charge is 2.43. The highest BCUT2D eigenvalue weighted by Crippen LogP contribution is 2.25. The quantitative estimate of drug-likeness (QED) is 0.0162. The number of rotatable bonds is 25. The monoisotopic (exact) mass is 854 g/mol. The number of imide groups is 1. The summed E-state index contributed by atoms with van der Waals surface area (Å²) in [6.45, 7) is 5.75. The van der Waals surface area contributed by atoms with Gasteiger partial charge in [-0.25, -0.2) is 9.78 Å². The third-order valence-electron chi connectivity index (χ3n) is 9.67. The van der Waals surface area contributed by atoms with E-state index in [1.807, 2.05) is 24.3 Å². The van der Waals surface area contributed by atoms with Crippen LogP contribution in [0.15, 0.2) is 60.3 Å². The lowest BCUT2D eigenvalue weighted by Gasteiger charge is -2.25. The Morgan fingerprint density at radius 2 is 1.66 bits per heavy atom. The van der Waals surface area contributed by atoms with E-state index in [0.717, 1.165) is 27.1 Å². The molecule has 1 aromatic carbocycles. The first-order valence-corrected chi connectivity index (χ1v) is 21.4. The van der Waals surface area contributed by atoms with Crippen molar-refractivity contribution >= 4 is 74.0 Å². The van der Waals surface area contributed by atoms with Crippen molar-refractivity contribution in [1.29, 1.82) is 0 Å². The highest BCUT2D eigenvalue weighted by atomic mass is 33.1. The van der Waals surface area contributed by atoms with Crippen molar-refractivity contribution in [2.24, 2.45) is 22.2 Å². The Labute approximate surface area is 349 Å². The number of imidazole rings is 1. The fourth-order valence-corrected chi connectivity index (χ4v) is 8.56. The average molecular weight is 855 g/mol. The maximum Gasteiger partial charge on any atom is 0.325 e. The Balaban J connectivity index is 1.31. The second kappa shape index (κ2) is 22.4. The van der Waals surface area contributed by atoms with Gasteiger partial charge in [-0.15, -0.1) is 0 Å². The summed E-state index contributed by atoms with van der Waals surface area (Å²) < 4.78 is 0. The van der Waals surface area contributed by atoms with Crippen LogP contribution in [-0.4, -0.2) is 130 Å². The summed E-state index contributed by atoms with van der Waals surface area (Å²) in [6.07, 6.45) is 6.53. The number of benzene rings is 1. The molecular formula is C37H54N14O6S2. The van der Waals surface area contributed by atoms with E-state index < -0.39 is 71.8 Å². The number of nitrogens with two attached hydrogens (primary N) is 3. The standard InChI is InChI=1S/C37H54N14O6S2/c1-20(41-3)28(15-23-17-43-19-46-23)47-32(53)21(2)51-35(56)27(50-37(51)57)11-13-58-59-18-30(31(38)52)49-34(55)29(14-22-16-45-25-9-6-5-8-24(22)25)48-33(54)26(42-4)10-7-12-44-36(39)40/h5-6,8-9,16-17,19,21,26-30,41-42,45H,1,7,10-15,18H2,2-4H3,(H2,38,52)(H,43,46)(H,47,53)(H,48,54)(H,49,55)(H,50,57)(H4,39,40,44). The van der Waals surface area contributed by atoms with Crippen LogP contribution in [0.25, 0.3) is 10.9 Å². The largest absolute Gasteiger partial charge is 0.390 e. The summed E-state index contributed by atoms with van der Waals surface area (Å²) in [5.74, 6) is -2.48. The molecule has 59 heavy (non-hydrogen) atoms. The molecule has 14 N–H and O–H groups in total. The molecule has 1 fully saturated rings. The van der Waals surface area contributed by atoms with Crippen molar-refractivity contribution in [3.63, 3.8) is 0 Å². The third-order valence-corrected chi connectivity index (χ3v) is 12.1. The van der Waals surface area contributed by atoms with Crippen LogP contribution in [0.1, 0.15) is 37.4 Å². The molecule has 0 saturated carbocycles. The minimum atomic E-state index is -1.10. The number of amides is 7. The number of guanidine groups is 1. The third kappa shape index (κ3) is 13.1. The number of para-hydroxylation sites is 1. The number of nitrogens with zero attached hydrogens (tertiary/aromatic N) is 3. The summed E-state index contributed by atoms with van der Waals surface area (Å²) in [7, 11) is 5.87. The van der Waals surface area contributed by atoms with Crippen LogP contribution in [0.3, 0.4) is 0 Å². The van der Waals surface area contributed by atoms with Crippen LogP contribution in [0.4, 0.5) is 4.79 Å². The van der Waals surface area contributed by atoms with Gasteiger partial charge < -0.3 is 59.1 Å². The molecule has 1 aliphatic rings. The van der Waals surface area contributed by atoms with Crippen molar-refractivity contribution < 1.29 is 28.8 Å². The first-order valence-electron chi connectivity index (χ1n) is 18.9. The molecule has 1 saturated heterocycles. The number of nitrogens with one attached hydrogen (secondary N) is 8. The van der Waals surface area contributed by atoms with E-state index in [-0.39, 0.29) is 24.6 Å².